The Kier molecular flexibility index (Phi) is 12.1. The van der Waals surface area contributed by atoms with Crippen molar-refractivity contribution in [2.75, 3.05) is 44.9 Å². The second-order valence-electron chi connectivity index (χ2n) is 8.35. The molecule has 1 aromatic heterocycles. The van der Waals surface area contributed by atoms with E-state index in [0.717, 1.165) is 15.8 Å². The second kappa shape index (κ2) is 15.0. The van der Waals surface area contributed by atoms with Gasteiger partial charge in [0.2, 0.25) is 5.95 Å². The number of alkyl halides is 3. The minimum Gasteiger partial charge on any atom is -0.491 e. The molecule has 0 fully saturated rings. The van der Waals surface area contributed by atoms with Gasteiger partial charge in [-0.25, -0.2) is 9.78 Å². The maximum absolute atomic E-state index is 12.3. The molecular formula is C25H28BrF3N6O5. The average Bonchev–Trinajstić information content (AvgIpc) is 2.87. The van der Waals surface area contributed by atoms with Crippen LogP contribution >= 0.6 is 15.9 Å². The number of aromatic nitrogens is 2. The fraction of sp³-hybridized carbons (Fsp3) is 0.280. The molecule has 0 aliphatic rings. The Labute approximate surface area is 236 Å². The number of aliphatic hydroxyl groups is 1. The summed E-state index contributed by atoms with van der Waals surface area (Å²) in [5, 5.41) is 26.0. The molecule has 0 bridgehead atoms. The molecule has 1 heterocycles. The summed E-state index contributed by atoms with van der Waals surface area (Å²) >= 11 is 3.44. The number of benzene rings is 2. The van der Waals surface area contributed by atoms with Gasteiger partial charge in [-0.2, -0.15) is 18.2 Å². The van der Waals surface area contributed by atoms with Gasteiger partial charge in [0.25, 0.3) is 5.91 Å². The van der Waals surface area contributed by atoms with Crippen molar-refractivity contribution in [2.24, 2.45) is 0 Å². The number of nitrogens with zero attached hydrogens (tertiary/aromatic N) is 3. The lowest BCUT2D eigenvalue weighted by atomic mass is 10.2. The number of hydrogen-bond acceptors (Lipinski definition) is 9. The Morgan fingerprint density at radius 3 is 2.30 bits per heavy atom. The van der Waals surface area contributed by atoms with E-state index in [-0.39, 0.29) is 12.5 Å². The number of aliphatic carboxylic acids is 1. The Morgan fingerprint density at radius 2 is 1.75 bits per heavy atom. The fourth-order valence-electron chi connectivity index (χ4n) is 2.97. The molecule has 15 heteroatoms. The third-order valence-corrected chi connectivity index (χ3v) is 5.21. The number of aliphatic hydroxyl groups excluding tert-OH is 1. The first-order chi connectivity index (χ1) is 18.8. The molecule has 0 aliphatic carbocycles. The quantitative estimate of drug-likeness (QED) is 0.223. The highest BCUT2D eigenvalue weighted by atomic mass is 79.9. The maximum Gasteiger partial charge on any atom is 0.490 e. The van der Waals surface area contributed by atoms with Crippen LogP contribution in [0, 0.1) is 0 Å². The SMILES string of the molecule is CNC(=O)c1cnc(Nc2ccc(OCC(O)CN(C)C)cc2)nc1Nc1cccc(Br)c1.O=C(O)C(F)(F)F. The van der Waals surface area contributed by atoms with E-state index in [1.54, 1.807) is 19.2 Å². The summed E-state index contributed by atoms with van der Waals surface area (Å²) in [5.74, 6) is -1.70. The lowest BCUT2D eigenvalue weighted by molar-refractivity contribution is -0.192. The van der Waals surface area contributed by atoms with Gasteiger partial charge in [-0.15, -0.1) is 0 Å². The van der Waals surface area contributed by atoms with Crippen LogP contribution in [-0.2, 0) is 4.79 Å². The van der Waals surface area contributed by atoms with Crippen molar-refractivity contribution in [2.45, 2.75) is 12.3 Å². The van der Waals surface area contributed by atoms with Crippen LogP contribution in [0.4, 0.5) is 36.3 Å². The monoisotopic (exact) mass is 628 g/mol. The lowest BCUT2D eigenvalue weighted by Crippen LogP contribution is -2.30. The molecule has 11 nitrogen and oxygen atoms in total. The van der Waals surface area contributed by atoms with Crippen molar-refractivity contribution in [1.29, 1.82) is 0 Å². The molecule has 0 radical (unpaired) electrons. The van der Waals surface area contributed by atoms with Crippen molar-refractivity contribution < 1.29 is 37.7 Å². The van der Waals surface area contributed by atoms with Gasteiger partial charge in [0, 0.05) is 35.6 Å². The molecule has 0 saturated carbocycles. The van der Waals surface area contributed by atoms with E-state index in [1.165, 1.54) is 6.20 Å². The van der Waals surface area contributed by atoms with Gasteiger partial charge in [-0.05, 0) is 56.6 Å². The number of amides is 1. The van der Waals surface area contributed by atoms with E-state index in [2.05, 4.69) is 41.8 Å². The van der Waals surface area contributed by atoms with Gasteiger partial charge >= 0.3 is 12.1 Å². The number of likely N-dealkylation sites (N-methyl/N-ethyl adjacent to an activating group) is 1. The highest BCUT2D eigenvalue weighted by Crippen LogP contribution is 2.24. The number of carboxylic acids is 1. The number of ether oxygens (including phenoxy) is 1. The van der Waals surface area contributed by atoms with Gasteiger partial charge in [-0.1, -0.05) is 22.0 Å². The topological polar surface area (TPSA) is 149 Å². The molecule has 3 rings (SSSR count). The predicted molar refractivity (Wildman–Crippen MR) is 146 cm³/mol. The molecule has 0 saturated heterocycles. The van der Waals surface area contributed by atoms with Crippen molar-refractivity contribution >= 4 is 50.9 Å². The van der Waals surface area contributed by atoms with Gasteiger partial charge in [0.1, 0.15) is 29.8 Å². The van der Waals surface area contributed by atoms with E-state index < -0.39 is 18.2 Å². The summed E-state index contributed by atoms with van der Waals surface area (Å²) in [6, 6.07) is 14.8. The van der Waals surface area contributed by atoms with E-state index >= 15 is 0 Å². The lowest BCUT2D eigenvalue weighted by Gasteiger charge is -2.16. The van der Waals surface area contributed by atoms with Crippen LogP contribution in [0.3, 0.4) is 0 Å². The smallest absolute Gasteiger partial charge is 0.490 e. The zero-order valence-electron chi connectivity index (χ0n) is 21.7. The molecule has 1 atom stereocenters. The van der Waals surface area contributed by atoms with Crippen molar-refractivity contribution in [3.05, 3.63) is 64.8 Å². The van der Waals surface area contributed by atoms with Crippen LogP contribution in [0.1, 0.15) is 10.4 Å². The summed E-state index contributed by atoms with van der Waals surface area (Å²) in [6.07, 6.45) is -4.18. The zero-order chi connectivity index (χ0) is 29.9. The van der Waals surface area contributed by atoms with Crippen LogP contribution in [0.2, 0.25) is 0 Å². The first-order valence-electron chi connectivity index (χ1n) is 11.5. The largest absolute Gasteiger partial charge is 0.491 e. The van der Waals surface area contributed by atoms with Crippen LogP contribution < -0.4 is 20.7 Å². The first-order valence-corrected chi connectivity index (χ1v) is 12.3. The minimum atomic E-state index is -5.08. The van der Waals surface area contributed by atoms with Gasteiger partial charge in [-0.3, -0.25) is 4.79 Å². The summed E-state index contributed by atoms with van der Waals surface area (Å²) in [4.78, 5) is 31.8. The van der Waals surface area contributed by atoms with Gasteiger partial charge < -0.3 is 35.8 Å². The number of hydrogen-bond donors (Lipinski definition) is 5. The number of halogens is 4. The Balaban J connectivity index is 0.000000708. The number of nitrogens with one attached hydrogen (secondary N) is 3. The molecule has 3 aromatic rings. The number of carboxylic acid groups (broad SMARTS) is 1. The standard InChI is InChI=1S/C23H27BrN6O3.C2HF3O2/c1-25-22(32)20-12-26-23(29-21(20)27-17-6-4-5-15(24)11-17)28-16-7-9-19(10-8-16)33-14-18(31)13-30(2)3;3-2(4,5)1(6)7/h4-12,18,31H,13-14H2,1-3H3,(H,25,32)(H2,26,27,28,29);(H,6,7). The minimum absolute atomic E-state index is 0.208. The molecule has 0 spiro atoms. The molecule has 1 unspecified atom stereocenters. The highest BCUT2D eigenvalue weighted by Gasteiger charge is 2.38. The molecule has 0 aliphatic heterocycles. The fourth-order valence-corrected chi connectivity index (χ4v) is 3.37. The van der Waals surface area contributed by atoms with Crippen LogP contribution in [0.25, 0.3) is 0 Å². The summed E-state index contributed by atoms with van der Waals surface area (Å²) < 4.78 is 38.3. The highest BCUT2D eigenvalue weighted by molar-refractivity contribution is 9.10. The number of anilines is 4. The summed E-state index contributed by atoms with van der Waals surface area (Å²) in [5.41, 5.74) is 1.84. The average molecular weight is 629 g/mol. The Hall–Kier alpha value is -3.95. The van der Waals surface area contributed by atoms with E-state index in [1.807, 2.05) is 55.4 Å². The third-order valence-electron chi connectivity index (χ3n) is 4.72. The summed E-state index contributed by atoms with van der Waals surface area (Å²) in [7, 11) is 5.35. The van der Waals surface area contributed by atoms with Crippen LogP contribution in [-0.4, -0.2) is 83.5 Å². The Morgan fingerprint density at radius 1 is 1.10 bits per heavy atom. The normalized spacial score (nSPS) is 11.6. The van der Waals surface area contributed by atoms with Gasteiger partial charge in [0.15, 0.2) is 0 Å². The van der Waals surface area contributed by atoms with Crippen LogP contribution in [0.5, 0.6) is 5.75 Å². The molecule has 40 heavy (non-hydrogen) atoms. The molecular weight excluding hydrogens is 601 g/mol. The molecule has 2 aromatic carbocycles. The number of carbonyl (C=O) groups excluding carboxylic acids is 1. The summed E-state index contributed by atoms with van der Waals surface area (Å²) in [6.45, 7) is 0.735. The number of carbonyl (C=O) groups is 2. The van der Waals surface area contributed by atoms with Crippen molar-refractivity contribution in [3.8, 4) is 5.75 Å². The maximum atomic E-state index is 12.3. The van der Waals surface area contributed by atoms with Crippen molar-refractivity contribution in [3.63, 3.8) is 0 Å². The predicted octanol–water partition coefficient (Wildman–Crippen LogP) is 4.02. The molecule has 5 N–H and O–H groups in total. The van der Waals surface area contributed by atoms with E-state index in [0.29, 0.717) is 29.6 Å². The van der Waals surface area contributed by atoms with Crippen LogP contribution in [0.15, 0.2) is 59.2 Å². The number of rotatable bonds is 10. The third kappa shape index (κ3) is 11.0. The second-order valence-corrected chi connectivity index (χ2v) is 9.27. The Bertz CT molecular complexity index is 1280. The zero-order valence-corrected chi connectivity index (χ0v) is 23.2. The van der Waals surface area contributed by atoms with Gasteiger partial charge in [0.05, 0.1) is 0 Å². The molecule has 1 amide bonds. The molecule has 216 valence electrons. The van der Waals surface area contributed by atoms with E-state index in [9.17, 15) is 23.1 Å². The van der Waals surface area contributed by atoms with Crippen molar-refractivity contribution in [1.82, 2.24) is 20.2 Å². The van der Waals surface area contributed by atoms with E-state index in [4.69, 9.17) is 14.6 Å². The first kappa shape index (κ1) is 32.3.